The minimum atomic E-state index is -0.896. The number of ether oxygens (including phenoxy) is 3. The number of benzene rings is 1. The fourth-order valence-electron chi connectivity index (χ4n) is 4.57. The first-order chi connectivity index (χ1) is 16.7. The predicted octanol–water partition coefficient (Wildman–Crippen LogP) is 3.63. The second-order valence-electron chi connectivity index (χ2n) is 9.74. The molecule has 1 saturated carbocycles. The smallest absolute Gasteiger partial charge is 0.411 e. The van der Waals surface area contributed by atoms with Crippen LogP contribution in [-0.4, -0.2) is 82.1 Å². The lowest BCUT2D eigenvalue weighted by Crippen LogP contribution is -2.54. The average molecular weight is 505 g/mol. The van der Waals surface area contributed by atoms with E-state index in [1.807, 2.05) is 28.6 Å². The second-order valence-corrected chi connectivity index (χ2v) is 10.8. The lowest BCUT2D eigenvalue weighted by atomic mass is 10.1. The number of hydrogen-bond donors (Lipinski definition) is 1. The topological polar surface area (TPSA) is 86.1 Å². The highest BCUT2D eigenvalue weighted by Gasteiger charge is 2.42. The number of aromatic nitrogens is 2. The van der Waals surface area contributed by atoms with Crippen molar-refractivity contribution in [3.63, 3.8) is 0 Å². The van der Waals surface area contributed by atoms with Crippen LogP contribution in [0.1, 0.15) is 51.8 Å². The number of carbonyl (C=O) groups excluding carboxylic acids is 2. The Hall–Kier alpha value is -2.30. The summed E-state index contributed by atoms with van der Waals surface area (Å²) in [4.78, 5) is 28.9. The van der Waals surface area contributed by atoms with Gasteiger partial charge in [-0.2, -0.15) is 5.10 Å². The number of hydrogen-bond acceptors (Lipinski definition) is 7. The van der Waals surface area contributed by atoms with E-state index in [0.29, 0.717) is 13.2 Å². The van der Waals surface area contributed by atoms with Crippen molar-refractivity contribution in [2.24, 2.45) is 0 Å². The van der Waals surface area contributed by atoms with E-state index in [0.717, 1.165) is 42.4 Å². The number of nitrogens with zero attached hydrogens (tertiary/aromatic N) is 4. The number of thiol groups is 1. The van der Waals surface area contributed by atoms with Crippen molar-refractivity contribution in [2.45, 2.75) is 69.7 Å². The predicted molar refractivity (Wildman–Crippen MR) is 135 cm³/mol. The van der Waals surface area contributed by atoms with Crippen molar-refractivity contribution >= 4 is 35.5 Å². The highest BCUT2D eigenvalue weighted by atomic mass is 32.1. The molecule has 2 amide bonds. The van der Waals surface area contributed by atoms with Gasteiger partial charge in [0.1, 0.15) is 0 Å². The highest BCUT2D eigenvalue weighted by molar-refractivity contribution is 7.81. The number of methoxy groups -OCH3 is 1. The summed E-state index contributed by atoms with van der Waals surface area (Å²) in [7, 11) is 1.70. The van der Waals surface area contributed by atoms with E-state index in [1.165, 1.54) is 4.90 Å². The Bertz CT molecular complexity index is 1050. The molecule has 0 spiro atoms. The first kappa shape index (κ1) is 25.8. The molecule has 1 aromatic carbocycles. The van der Waals surface area contributed by atoms with E-state index in [1.54, 1.807) is 21.0 Å². The van der Waals surface area contributed by atoms with Gasteiger partial charge in [0.05, 0.1) is 30.4 Å². The van der Waals surface area contributed by atoms with Crippen LogP contribution in [0.2, 0.25) is 0 Å². The summed E-state index contributed by atoms with van der Waals surface area (Å²) in [6.45, 7) is 7.65. The van der Waals surface area contributed by atoms with Gasteiger partial charge in [-0.1, -0.05) is 18.2 Å². The molecular weight excluding hydrogens is 468 g/mol. The van der Waals surface area contributed by atoms with Gasteiger partial charge in [-0.3, -0.25) is 9.48 Å². The summed E-state index contributed by atoms with van der Waals surface area (Å²) in [6, 6.07) is 8.04. The quantitative estimate of drug-likeness (QED) is 0.319. The van der Waals surface area contributed by atoms with Crippen LogP contribution < -0.4 is 0 Å². The Morgan fingerprint density at radius 3 is 2.74 bits per heavy atom. The fraction of sp³-hybridized carbons (Fsp3) is 0.640. The second kappa shape index (κ2) is 10.8. The molecule has 2 heterocycles. The monoisotopic (exact) mass is 504 g/mol. The molecule has 9 nitrogen and oxygen atoms in total. The maximum Gasteiger partial charge on any atom is 0.411 e. The third-order valence-corrected chi connectivity index (χ3v) is 6.44. The molecule has 0 radical (unpaired) electrons. The lowest BCUT2D eigenvalue weighted by Gasteiger charge is -2.37. The largest absolute Gasteiger partial charge is 0.433 e. The SMILES string of the molecule is COCCCn1nc(C(C)N(C(=O)[C@H]2CN(C(=O)OC(C)(C)S)CCO2)C2CC2)c2ccccc21. The van der Waals surface area contributed by atoms with Crippen molar-refractivity contribution in [1.29, 1.82) is 0 Å². The number of fused-ring (bicyclic) bond motifs is 1. The first-order valence-corrected chi connectivity index (χ1v) is 12.7. The fourth-order valence-corrected chi connectivity index (χ4v) is 4.65. The van der Waals surface area contributed by atoms with Crippen molar-refractivity contribution in [1.82, 2.24) is 19.6 Å². The van der Waals surface area contributed by atoms with Crippen LogP contribution >= 0.6 is 12.6 Å². The maximum atomic E-state index is 13.8. The van der Waals surface area contributed by atoms with Crippen LogP contribution in [0, 0.1) is 0 Å². The Labute approximate surface area is 212 Å². The van der Waals surface area contributed by atoms with Gasteiger partial charge in [-0.05, 0) is 46.1 Å². The molecule has 1 aliphatic carbocycles. The third-order valence-electron chi connectivity index (χ3n) is 6.35. The van der Waals surface area contributed by atoms with Gasteiger partial charge in [0.25, 0.3) is 5.91 Å². The Balaban J connectivity index is 1.54. The van der Waals surface area contributed by atoms with Crippen LogP contribution in [0.4, 0.5) is 4.79 Å². The van der Waals surface area contributed by atoms with Crippen molar-refractivity contribution < 1.29 is 23.8 Å². The van der Waals surface area contributed by atoms with Crippen LogP contribution in [0.5, 0.6) is 0 Å². The van der Waals surface area contributed by atoms with Crippen LogP contribution in [0.3, 0.4) is 0 Å². The summed E-state index contributed by atoms with van der Waals surface area (Å²) < 4.78 is 18.5. The molecule has 192 valence electrons. The number of morpholine rings is 1. The van der Waals surface area contributed by atoms with Gasteiger partial charge in [0.15, 0.2) is 11.0 Å². The normalized spacial score (nSPS) is 19.6. The summed E-state index contributed by atoms with van der Waals surface area (Å²) in [5, 5.41) is 5.98. The number of carbonyl (C=O) groups is 2. The summed E-state index contributed by atoms with van der Waals surface area (Å²) in [5.41, 5.74) is 1.92. The Morgan fingerprint density at radius 1 is 1.31 bits per heavy atom. The molecule has 2 aliphatic rings. The molecule has 0 N–H and O–H groups in total. The van der Waals surface area contributed by atoms with Crippen LogP contribution in [0.25, 0.3) is 10.9 Å². The molecule has 2 atom stereocenters. The van der Waals surface area contributed by atoms with E-state index in [9.17, 15) is 9.59 Å². The molecule has 1 aliphatic heterocycles. The molecule has 2 aromatic rings. The molecule has 35 heavy (non-hydrogen) atoms. The van der Waals surface area contributed by atoms with E-state index in [4.69, 9.17) is 19.3 Å². The van der Waals surface area contributed by atoms with E-state index < -0.39 is 17.1 Å². The van der Waals surface area contributed by atoms with Crippen molar-refractivity contribution in [3.05, 3.63) is 30.0 Å². The zero-order chi connectivity index (χ0) is 25.2. The zero-order valence-electron chi connectivity index (χ0n) is 21.0. The maximum absolute atomic E-state index is 13.8. The average Bonchev–Trinajstić information content (AvgIpc) is 3.59. The number of aryl methyl sites for hydroxylation is 1. The minimum Gasteiger partial charge on any atom is -0.433 e. The van der Waals surface area contributed by atoms with Gasteiger partial charge >= 0.3 is 6.09 Å². The summed E-state index contributed by atoms with van der Waals surface area (Å²) in [6.07, 6.45) is 1.53. The lowest BCUT2D eigenvalue weighted by molar-refractivity contribution is -0.151. The summed E-state index contributed by atoms with van der Waals surface area (Å²) in [5.74, 6) is -0.111. The number of para-hydroxylation sites is 1. The number of amides is 2. The molecule has 10 heteroatoms. The zero-order valence-corrected chi connectivity index (χ0v) is 21.9. The molecule has 0 bridgehead atoms. The minimum absolute atomic E-state index is 0.111. The molecule has 2 fully saturated rings. The highest BCUT2D eigenvalue weighted by Crippen LogP contribution is 2.37. The molecular formula is C25H36N4O5S. The summed E-state index contributed by atoms with van der Waals surface area (Å²) >= 11 is 4.28. The Kier molecular flexibility index (Phi) is 7.92. The van der Waals surface area contributed by atoms with E-state index in [2.05, 4.69) is 24.8 Å². The number of rotatable bonds is 9. The van der Waals surface area contributed by atoms with Gasteiger partial charge in [-0.15, -0.1) is 12.6 Å². The van der Waals surface area contributed by atoms with Gasteiger partial charge in [0, 0.05) is 38.2 Å². The van der Waals surface area contributed by atoms with Gasteiger partial charge in [0.2, 0.25) is 0 Å². The van der Waals surface area contributed by atoms with Gasteiger partial charge < -0.3 is 24.0 Å². The van der Waals surface area contributed by atoms with Crippen LogP contribution in [-0.2, 0) is 25.5 Å². The standard InChI is InChI=1S/C25H36N4O5S/c1-17(22-19-8-5-6-9-20(19)28(26-22)12-7-14-32-4)29(18-10-11-18)23(30)21-16-27(13-15-33-21)24(31)34-25(2,3)35/h5-6,8-9,17-18,21,35H,7,10-16H2,1-4H3/t17?,21-/m1/s1. The van der Waals surface area contributed by atoms with Crippen LogP contribution in [0.15, 0.2) is 24.3 Å². The van der Waals surface area contributed by atoms with E-state index in [-0.39, 0.29) is 31.1 Å². The third kappa shape index (κ3) is 6.10. The Morgan fingerprint density at radius 2 is 2.06 bits per heavy atom. The molecule has 1 saturated heterocycles. The van der Waals surface area contributed by atoms with Crippen molar-refractivity contribution in [3.8, 4) is 0 Å². The van der Waals surface area contributed by atoms with Gasteiger partial charge in [-0.25, -0.2) is 4.79 Å². The van der Waals surface area contributed by atoms with E-state index >= 15 is 0 Å². The molecule has 1 aromatic heterocycles. The molecule has 4 rings (SSSR count). The molecule has 1 unspecified atom stereocenters. The van der Waals surface area contributed by atoms with Crippen molar-refractivity contribution in [2.75, 3.05) is 33.4 Å². The first-order valence-electron chi connectivity index (χ1n) is 12.3.